The fourth-order valence-corrected chi connectivity index (χ4v) is 3.25. The molecule has 6 nitrogen and oxygen atoms in total. The molecule has 6 heteroatoms. The number of hydrogen-bond acceptors (Lipinski definition) is 4. The van der Waals surface area contributed by atoms with E-state index in [1.807, 2.05) is 30.6 Å². The number of aromatic amines is 1. The summed E-state index contributed by atoms with van der Waals surface area (Å²) in [6.45, 7) is 2.47. The minimum Gasteiger partial charge on any atom is -0.496 e. The summed E-state index contributed by atoms with van der Waals surface area (Å²) < 4.78 is 7.80. The van der Waals surface area contributed by atoms with Gasteiger partial charge in [0.1, 0.15) is 11.6 Å². The second kappa shape index (κ2) is 5.89. The summed E-state index contributed by atoms with van der Waals surface area (Å²) in [5.74, 6) is 2.02. The van der Waals surface area contributed by atoms with Crippen LogP contribution in [0.1, 0.15) is 23.1 Å². The molecule has 0 radical (unpaired) electrons. The Morgan fingerprint density at radius 1 is 1.26 bits per heavy atom. The van der Waals surface area contributed by atoms with Gasteiger partial charge in [-0.15, -0.1) is 0 Å². The van der Waals surface area contributed by atoms with Crippen molar-refractivity contribution in [3.05, 3.63) is 66.0 Å². The molecule has 1 aliphatic rings. The monoisotopic (exact) mass is 309 g/mol. The second-order valence-corrected chi connectivity index (χ2v) is 5.74. The molecule has 1 aromatic carbocycles. The van der Waals surface area contributed by atoms with Crippen LogP contribution >= 0.6 is 0 Å². The van der Waals surface area contributed by atoms with Gasteiger partial charge in [-0.25, -0.2) is 4.98 Å². The van der Waals surface area contributed by atoms with E-state index in [2.05, 4.69) is 36.8 Å². The Balaban J connectivity index is 1.71. The maximum atomic E-state index is 5.58. The van der Waals surface area contributed by atoms with E-state index in [4.69, 9.17) is 4.74 Å². The number of methoxy groups -OCH3 is 1. The van der Waals surface area contributed by atoms with Crippen LogP contribution in [0.25, 0.3) is 0 Å². The van der Waals surface area contributed by atoms with Gasteiger partial charge in [-0.2, -0.15) is 5.10 Å². The molecule has 1 aliphatic heterocycles. The van der Waals surface area contributed by atoms with Gasteiger partial charge < -0.3 is 9.30 Å². The van der Waals surface area contributed by atoms with Gasteiger partial charge in [-0.1, -0.05) is 18.2 Å². The third-order valence-corrected chi connectivity index (χ3v) is 4.39. The lowest BCUT2D eigenvalue weighted by Gasteiger charge is -2.36. The lowest BCUT2D eigenvalue weighted by molar-refractivity contribution is 0.124. The summed E-state index contributed by atoms with van der Waals surface area (Å²) in [7, 11) is 1.73. The molecule has 0 spiro atoms. The number of aromatic nitrogens is 4. The average molecular weight is 309 g/mol. The average Bonchev–Trinajstić information content (AvgIpc) is 3.25. The van der Waals surface area contributed by atoms with Gasteiger partial charge in [0.2, 0.25) is 0 Å². The Morgan fingerprint density at radius 3 is 3.00 bits per heavy atom. The van der Waals surface area contributed by atoms with E-state index in [0.29, 0.717) is 0 Å². The van der Waals surface area contributed by atoms with Crippen LogP contribution in [-0.4, -0.2) is 31.8 Å². The molecular weight excluding hydrogens is 290 g/mol. The van der Waals surface area contributed by atoms with E-state index in [-0.39, 0.29) is 6.04 Å². The highest BCUT2D eigenvalue weighted by molar-refractivity contribution is 5.36. The highest BCUT2D eigenvalue weighted by Crippen LogP contribution is 2.35. The van der Waals surface area contributed by atoms with Gasteiger partial charge in [0.05, 0.1) is 19.7 Å². The molecule has 3 aromatic rings. The fourth-order valence-electron chi connectivity index (χ4n) is 3.25. The van der Waals surface area contributed by atoms with E-state index in [0.717, 1.165) is 36.9 Å². The number of nitrogens with zero attached hydrogens (tertiary/aromatic N) is 4. The van der Waals surface area contributed by atoms with E-state index in [1.54, 1.807) is 13.3 Å². The van der Waals surface area contributed by atoms with Gasteiger partial charge in [-0.05, 0) is 12.1 Å². The number of imidazole rings is 1. The normalized spacial score (nSPS) is 17.9. The van der Waals surface area contributed by atoms with Crippen molar-refractivity contribution in [3.63, 3.8) is 0 Å². The first-order chi connectivity index (χ1) is 11.3. The molecule has 118 valence electrons. The Bertz CT molecular complexity index is 780. The third kappa shape index (κ3) is 2.61. The summed E-state index contributed by atoms with van der Waals surface area (Å²) in [5, 5.41) is 7.11. The molecule has 0 amide bonds. The van der Waals surface area contributed by atoms with Crippen LogP contribution in [0.3, 0.4) is 0 Å². The van der Waals surface area contributed by atoms with Crippen molar-refractivity contribution in [2.75, 3.05) is 7.11 Å². The Morgan fingerprint density at radius 2 is 2.17 bits per heavy atom. The molecule has 1 N–H and O–H groups in total. The van der Waals surface area contributed by atoms with Crippen molar-refractivity contribution in [3.8, 4) is 5.75 Å². The molecule has 0 bridgehead atoms. The lowest BCUT2D eigenvalue weighted by atomic mass is 10.0. The molecule has 0 fully saturated rings. The minimum absolute atomic E-state index is 0.233. The predicted molar refractivity (Wildman–Crippen MR) is 85.8 cm³/mol. The maximum Gasteiger partial charge on any atom is 0.123 e. The molecule has 4 rings (SSSR count). The number of benzene rings is 1. The van der Waals surface area contributed by atoms with Crippen molar-refractivity contribution >= 4 is 0 Å². The summed E-state index contributed by atoms with van der Waals surface area (Å²) in [6.07, 6.45) is 5.71. The molecule has 0 aliphatic carbocycles. The molecule has 3 heterocycles. The van der Waals surface area contributed by atoms with Gasteiger partial charge in [0.25, 0.3) is 0 Å². The number of nitrogens with one attached hydrogen (secondary N) is 1. The number of H-pyrrole nitrogens is 1. The van der Waals surface area contributed by atoms with Crippen LogP contribution in [0.15, 0.2) is 48.9 Å². The highest BCUT2D eigenvalue weighted by Gasteiger charge is 2.30. The van der Waals surface area contributed by atoms with Gasteiger partial charge >= 0.3 is 0 Å². The quantitative estimate of drug-likeness (QED) is 0.804. The van der Waals surface area contributed by atoms with Crippen LogP contribution in [0.4, 0.5) is 0 Å². The van der Waals surface area contributed by atoms with E-state index >= 15 is 0 Å². The zero-order valence-corrected chi connectivity index (χ0v) is 13.0. The van der Waals surface area contributed by atoms with E-state index in [1.165, 1.54) is 5.56 Å². The van der Waals surface area contributed by atoms with Gasteiger partial charge in [0, 0.05) is 42.9 Å². The Labute approximate surface area is 134 Å². The van der Waals surface area contributed by atoms with Crippen LogP contribution in [0.5, 0.6) is 5.75 Å². The van der Waals surface area contributed by atoms with Gasteiger partial charge in [0.15, 0.2) is 0 Å². The van der Waals surface area contributed by atoms with Crippen LogP contribution in [0, 0.1) is 0 Å². The van der Waals surface area contributed by atoms with E-state index in [9.17, 15) is 0 Å². The first-order valence-electron chi connectivity index (χ1n) is 7.70. The van der Waals surface area contributed by atoms with Crippen molar-refractivity contribution in [1.29, 1.82) is 0 Å². The summed E-state index contributed by atoms with van der Waals surface area (Å²) in [4.78, 5) is 6.88. The molecule has 23 heavy (non-hydrogen) atoms. The van der Waals surface area contributed by atoms with Crippen LogP contribution in [0.2, 0.25) is 0 Å². The molecule has 2 aromatic heterocycles. The molecule has 0 saturated carbocycles. The minimum atomic E-state index is 0.233. The Hall–Kier alpha value is -2.60. The zero-order valence-electron chi connectivity index (χ0n) is 13.0. The van der Waals surface area contributed by atoms with Crippen molar-refractivity contribution < 1.29 is 4.74 Å². The van der Waals surface area contributed by atoms with E-state index < -0.39 is 0 Å². The second-order valence-electron chi connectivity index (χ2n) is 5.74. The fraction of sp³-hybridized carbons (Fsp3) is 0.294. The Kier molecular flexibility index (Phi) is 3.59. The van der Waals surface area contributed by atoms with Crippen molar-refractivity contribution in [2.24, 2.45) is 0 Å². The molecule has 1 atom stereocenters. The third-order valence-electron chi connectivity index (χ3n) is 4.39. The number of ether oxygens (including phenoxy) is 1. The number of para-hydroxylation sites is 1. The first kappa shape index (κ1) is 14.0. The van der Waals surface area contributed by atoms with Crippen LogP contribution in [-0.2, 0) is 19.6 Å². The topological polar surface area (TPSA) is 59.0 Å². The highest BCUT2D eigenvalue weighted by atomic mass is 16.5. The lowest BCUT2D eigenvalue weighted by Crippen LogP contribution is -2.37. The van der Waals surface area contributed by atoms with Crippen molar-refractivity contribution in [2.45, 2.75) is 25.7 Å². The zero-order chi connectivity index (χ0) is 15.6. The molecular formula is C17H19N5O. The van der Waals surface area contributed by atoms with Gasteiger partial charge in [-0.3, -0.25) is 10.00 Å². The maximum absolute atomic E-state index is 5.58. The SMILES string of the molecule is COc1ccccc1[C@H]1Cn2ccnc2CN1Cc1ccn[nH]1. The van der Waals surface area contributed by atoms with Crippen molar-refractivity contribution in [1.82, 2.24) is 24.6 Å². The molecule has 0 unspecified atom stereocenters. The molecule has 0 saturated heterocycles. The smallest absolute Gasteiger partial charge is 0.123 e. The standard InChI is InChI=1S/C17H19N5O/c1-23-16-5-3-2-4-14(16)15-11-21-9-8-18-17(21)12-22(15)10-13-6-7-19-20-13/h2-9,15H,10-12H2,1H3,(H,19,20)/t15-/m1/s1. The number of hydrogen-bond donors (Lipinski definition) is 1. The van der Waals surface area contributed by atoms with Crippen LogP contribution < -0.4 is 4.74 Å². The summed E-state index contributed by atoms with van der Waals surface area (Å²) >= 11 is 0. The first-order valence-corrected chi connectivity index (χ1v) is 7.70. The number of rotatable bonds is 4. The summed E-state index contributed by atoms with van der Waals surface area (Å²) in [5.41, 5.74) is 2.30. The summed E-state index contributed by atoms with van der Waals surface area (Å²) in [6, 6.07) is 10.5. The largest absolute Gasteiger partial charge is 0.496 e. The predicted octanol–water partition coefficient (Wildman–Crippen LogP) is 2.37. The number of fused-ring (bicyclic) bond motifs is 1.